The molecule has 7 nitrogen and oxygen atoms in total. The Morgan fingerprint density at radius 2 is 2.04 bits per heavy atom. The second kappa shape index (κ2) is 7.36. The Kier molecular flexibility index (Phi) is 4.75. The predicted molar refractivity (Wildman–Crippen MR) is 106 cm³/mol. The van der Waals surface area contributed by atoms with Crippen LogP contribution in [0.3, 0.4) is 0 Å². The normalized spacial score (nSPS) is 13.0. The van der Waals surface area contributed by atoms with E-state index in [0.717, 1.165) is 16.7 Å². The summed E-state index contributed by atoms with van der Waals surface area (Å²) in [7, 11) is 0. The van der Waals surface area contributed by atoms with Gasteiger partial charge in [-0.05, 0) is 48.9 Å². The number of carboxylic acids is 1. The molecule has 0 fully saturated rings. The van der Waals surface area contributed by atoms with Crippen LogP contribution < -0.4 is 14.8 Å². The van der Waals surface area contributed by atoms with E-state index in [0.29, 0.717) is 34.5 Å². The summed E-state index contributed by atoms with van der Waals surface area (Å²) in [5, 5.41) is 13.7. The Hall–Kier alpha value is -3.32. The molecule has 1 aliphatic heterocycles. The second-order valence-electron chi connectivity index (χ2n) is 6.27. The highest BCUT2D eigenvalue weighted by atomic mass is 35.5. The van der Waals surface area contributed by atoms with Crippen molar-refractivity contribution in [2.75, 3.05) is 12.1 Å². The molecule has 0 atom stereocenters. The molecular formula is C20H16ClN3O4. The zero-order valence-corrected chi connectivity index (χ0v) is 15.7. The van der Waals surface area contributed by atoms with E-state index in [4.69, 9.17) is 26.2 Å². The maximum atomic E-state index is 11.1. The zero-order valence-electron chi connectivity index (χ0n) is 14.9. The van der Waals surface area contributed by atoms with Crippen molar-refractivity contribution in [1.82, 2.24) is 9.97 Å². The van der Waals surface area contributed by atoms with Crippen molar-refractivity contribution < 1.29 is 19.4 Å². The number of carboxylic acid groups (broad SMARTS) is 1. The van der Waals surface area contributed by atoms with Crippen LogP contribution in [0, 0.1) is 0 Å². The molecule has 142 valence electrons. The van der Waals surface area contributed by atoms with Crippen LogP contribution in [0.25, 0.3) is 17.0 Å². The van der Waals surface area contributed by atoms with Gasteiger partial charge in [-0.25, -0.2) is 14.8 Å². The number of hydrogen-bond donors (Lipinski definition) is 2. The van der Waals surface area contributed by atoms with E-state index in [-0.39, 0.29) is 12.4 Å². The van der Waals surface area contributed by atoms with Gasteiger partial charge in [0, 0.05) is 22.5 Å². The molecule has 0 saturated carbocycles. The van der Waals surface area contributed by atoms with Crippen LogP contribution in [0.2, 0.25) is 5.02 Å². The van der Waals surface area contributed by atoms with Gasteiger partial charge in [-0.2, -0.15) is 0 Å². The first-order valence-corrected chi connectivity index (χ1v) is 8.89. The Bertz CT molecular complexity index is 1110. The molecule has 3 aromatic rings. The van der Waals surface area contributed by atoms with Crippen molar-refractivity contribution in [3.8, 4) is 11.5 Å². The maximum Gasteiger partial charge on any atom is 0.331 e. The lowest BCUT2D eigenvalue weighted by atomic mass is 10.2. The number of anilines is 1. The first kappa shape index (κ1) is 18.1. The Morgan fingerprint density at radius 3 is 2.86 bits per heavy atom. The van der Waals surface area contributed by atoms with E-state index in [1.807, 2.05) is 18.2 Å². The number of halogens is 1. The predicted octanol–water partition coefficient (Wildman–Crippen LogP) is 4.11. The average Bonchev–Trinajstić information content (AvgIpc) is 3.14. The van der Waals surface area contributed by atoms with Crippen LogP contribution in [-0.2, 0) is 11.3 Å². The topological polar surface area (TPSA) is 93.6 Å². The van der Waals surface area contributed by atoms with Gasteiger partial charge in [-0.1, -0.05) is 17.7 Å². The number of aliphatic carboxylic acids is 1. The van der Waals surface area contributed by atoms with Gasteiger partial charge in [0.1, 0.15) is 5.82 Å². The molecule has 28 heavy (non-hydrogen) atoms. The minimum Gasteiger partial charge on any atom is -0.478 e. The van der Waals surface area contributed by atoms with Crippen LogP contribution >= 0.6 is 11.6 Å². The number of nitrogens with zero attached hydrogens (tertiary/aromatic N) is 2. The van der Waals surface area contributed by atoms with E-state index < -0.39 is 5.97 Å². The van der Waals surface area contributed by atoms with Crippen LogP contribution in [0.15, 0.2) is 42.0 Å². The summed E-state index contributed by atoms with van der Waals surface area (Å²) in [6.07, 6.45) is 1.43. The number of rotatable bonds is 5. The lowest BCUT2D eigenvalue weighted by Crippen LogP contribution is -2.05. The highest BCUT2D eigenvalue weighted by Gasteiger charge is 2.14. The maximum absolute atomic E-state index is 11.1. The van der Waals surface area contributed by atoms with Crippen molar-refractivity contribution >= 4 is 40.4 Å². The molecule has 0 spiro atoms. The number of hydrogen-bond acceptors (Lipinski definition) is 6. The van der Waals surface area contributed by atoms with Crippen LogP contribution in [-0.4, -0.2) is 27.8 Å². The van der Waals surface area contributed by atoms with Gasteiger partial charge in [0.05, 0.1) is 5.52 Å². The molecular weight excluding hydrogens is 382 g/mol. The molecule has 0 amide bonds. The van der Waals surface area contributed by atoms with Crippen molar-refractivity contribution in [2.24, 2.45) is 0 Å². The number of aromatic nitrogens is 2. The summed E-state index contributed by atoms with van der Waals surface area (Å²) >= 11 is 6.13. The third kappa shape index (κ3) is 3.70. The first-order chi connectivity index (χ1) is 13.5. The molecule has 1 aromatic heterocycles. The van der Waals surface area contributed by atoms with E-state index >= 15 is 0 Å². The lowest BCUT2D eigenvalue weighted by Gasteiger charge is -2.11. The molecule has 1 aliphatic rings. The van der Waals surface area contributed by atoms with Crippen LogP contribution in [0.4, 0.5) is 5.82 Å². The smallest absolute Gasteiger partial charge is 0.331 e. The van der Waals surface area contributed by atoms with Gasteiger partial charge >= 0.3 is 5.97 Å². The average molecular weight is 398 g/mol. The summed E-state index contributed by atoms with van der Waals surface area (Å²) in [6, 6.07) is 11.0. The van der Waals surface area contributed by atoms with Crippen LogP contribution in [0.1, 0.15) is 18.3 Å². The molecule has 0 saturated heterocycles. The van der Waals surface area contributed by atoms with Gasteiger partial charge in [-0.3, -0.25) is 0 Å². The molecule has 0 unspecified atom stereocenters. The van der Waals surface area contributed by atoms with Crippen LogP contribution in [0.5, 0.6) is 11.5 Å². The van der Waals surface area contributed by atoms with E-state index in [9.17, 15) is 4.79 Å². The summed E-state index contributed by atoms with van der Waals surface area (Å²) < 4.78 is 10.7. The molecule has 4 rings (SSSR count). The van der Waals surface area contributed by atoms with Gasteiger partial charge in [0.15, 0.2) is 17.3 Å². The second-order valence-corrected chi connectivity index (χ2v) is 6.70. The fraction of sp³-hybridized carbons (Fsp3) is 0.150. The molecule has 2 N–H and O–H groups in total. The van der Waals surface area contributed by atoms with E-state index in [1.54, 1.807) is 18.2 Å². The lowest BCUT2D eigenvalue weighted by molar-refractivity contribution is -0.132. The summed E-state index contributed by atoms with van der Waals surface area (Å²) in [5.74, 6) is 1.28. The number of ether oxygens (including phenoxy) is 2. The molecule has 0 radical (unpaired) electrons. The number of benzene rings is 2. The third-order valence-electron chi connectivity index (χ3n) is 4.25. The quantitative estimate of drug-likeness (QED) is 0.625. The number of fused-ring (bicyclic) bond motifs is 2. The largest absolute Gasteiger partial charge is 0.478 e. The summed E-state index contributed by atoms with van der Waals surface area (Å²) in [5.41, 5.74) is 1.80. The number of nitrogens with one attached hydrogen (secondary N) is 1. The minimum atomic E-state index is -1.02. The third-order valence-corrected chi connectivity index (χ3v) is 4.49. The van der Waals surface area contributed by atoms with Crippen molar-refractivity contribution in [3.05, 3.63) is 58.4 Å². The molecule has 2 aromatic carbocycles. The van der Waals surface area contributed by atoms with Crippen molar-refractivity contribution in [3.63, 3.8) is 0 Å². The summed E-state index contributed by atoms with van der Waals surface area (Å²) in [4.78, 5) is 20.0. The fourth-order valence-electron chi connectivity index (χ4n) is 2.81. The minimum absolute atomic E-state index is 0.148. The highest BCUT2D eigenvalue weighted by Crippen LogP contribution is 2.33. The molecule has 8 heteroatoms. The van der Waals surface area contributed by atoms with Gasteiger partial charge in [-0.15, -0.1) is 0 Å². The monoisotopic (exact) mass is 397 g/mol. The van der Waals surface area contributed by atoms with Crippen molar-refractivity contribution in [1.29, 1.82) is 0 Å². The highest BCUT2D eigenvalue weighted by molar-refractivity contribution is 6.31. The van der Waals surface area contributed by atoms with Crippen molar-refractivity contribution in [2.45, 2.75) is 13.5 Å². The standard InChI is InChI=1S/C20H16ClN3O4/c1-11(20(25)26)6-18-23-15-4-3-13(21)8-14(15)19(24-18)22-9-12-2-5-16-17(7-12)28-10-27-16/h2-8H,9-10H2,1H3,(H,25,26)(H,22,23,24). The van der Waals surface area contributed by atoms with Gasteiger partial charge in [0.25, 0.3) is 0 Å². The Morgan fingerprint density at radius 1 is 1.21 bits per heavy atom. The van der Waals surface area contributed by atoms with Gasteiger partial charge < -0.3 is 19.9 Å². The molecule has 2 heterocycles. The van der Waals surface area contributed by atoms with E-state index in [2.05, 4.69) is 15.3 Å². The SMILES string of the molecule is CC(=Cc1nc(NCc2ccc3c(c2)OCO3)c2cc(Cl)ccc2n1)C(=O)O. The first-order valence-electron chi connectivity index (χ1n) is 8.51. The number of carbonyl (C=O) groups is 1. The van der Waals surface area contributed by atoms with Gasteiger partial charge in [0.2, 0.25) is 6.79 Å². The Labute approximate surface area is 165 Å². The summed E-state index contributed by atoms with van der Waals surface area (Å²) in [6.45, 7) is 2.20. The Balaban J connectivity index is 1.68. The molecule has 0 aliphatic carbocycles. The zero-order chi connectivity index (χ0) is 19.7. The molecule has 0 bridgehead atoms. The van der Waals surface area contributed by atoms with E-state index in [1.165, 1.54) is 13.0 Å². The fourth-order valence-corrected chi connectivity index (χ4v) is 2.98.